The van der Waals surface area contributed by atoms with Crippen LogP contribution in [0.2, 0.25) is 0 Å². The van der Waals surface area contributed by atoms with Crippen LogP contribution in [0.1, 0.15) is 13.3 Å². The summed E-state index contributed by atoms with van der Waals surface area (Å²) in [4.78, 5) is 24.6. The maximum absolute atomic E-state index is 14.5. The van der Waals surface area contributed by atoms with Crippen molar-refractivity contribution in [2.24, 2.45) is 0 Å². The van der Waals surface area contributed by atoms with E-state index in [-0.39, 0.29) is 48.3 Å². The highest BCUT2D eigenvalue weighted by Crippen LogP contribution is 2.30. The molecule has 0 saturated carbocycles. The van der Waals surface area contributed by atoms with Gasteiger partial charge in [0.1, 0.15) is 23.3 Å². The van der Waals surface area contributed by atoms with Crippen LogP contribution in [-0.2, 0) is 11.3 Å². The summed E-state index contributed by atoms with van der Waals surface area (Å²) in [5.74, 6) is -0.896. The SMILES string of the molecule is C=CC(=O)N1CC[C@H](F)[C@H](Oc2nc(Nc3cnn(CC)c3)nc3[nH]cc(F)c23)C1. The van der Waals surface area contributed by atoms with E-state index in [1.54, 1.807) is 17.1 Å². The molecule has 4 rings (SSSR count). The van der Waals surface area contributed by atoms with Crippen molar-refractivity contribution in [2.75, 3.05) is 18.4 Å². The first-order valence-corrected chi connectivity index (χ1v) is 9.54. The highest BCUT2D eigenvalue weighted by molar-refractivity contribution is 5.87. The molecular formula is C19H21F2N7O2. The number of nitrogens with zero attached hydrogens (tertiary/aromatic N) is 5. The number of aromatic nitrogens is 5. The number of fused-ring (bicyclic) bond motifs is 1. The molecular weight excluding hydrogens is 396 g/mol. The molecule has 158 valence electrons. The number of H-pyrrole nitrogens is 1. The molecule has 2 N–H and O–H groups in total. The van der Waals surface area contributed by atoms with Crippen LogP contribution in [0.25, 0.3) is 11.0 Å². The van der Waals surface area contributed by atoms with E-state index in [0.717, 1.165) is 6.20 Å². The van der Waals surface area contributed by atoms with Gasteiger partial charge in [0, 0.05) is 25.5 Å². The molecule has 1 saturated heterocycles. The number of hydrogen-bond acceptors (Lipinski definition) is 6. The third-order valence-corrected chi connectivity index (χ3v) is 4.89. The molecule has 30 heavy (non-hydrogen) atoms. The fourth-order valence-corrected chi connectivity index (χ4v) is 3.31. The van der Waals surface area contributed by atoms with Crippen LogP contribution in [0, 0.1) is 5.82 Å². The third kappa shape index (κ3) is 3.82. The number of hydrogen-bond donors (Lipinski definition) is 2. The van der Waals surface area contributed by atoms with Crippen molar-refractivity contribution in [3.05, 3.63) is 37.1 Å². The lowest BCUT2D eigenvalue weighted by Crippen LogP contribution is -2.49. The Morgan fingerprint density at radius 2 is 2.33 bits per heavy atom. The van der Waals surface area contributed by atoms with Crippen molar-refractivity contribution >= 4 is 28.6 Å². The van der Waals surface area contributed by atoms with E-state index in [0.29, 0.717) is 12.2 Å². The molecule has 9 nitrogen and oxygen atoms in total. The quantitative estimate of drug-likeness (QED) is 0.598. The van der Waals surface area contributed by atoms with Crippen LogP contribution in [0.4, 0.5) is 20.4 Å². The molecule has 0 spiro atoms. The van der Waals surface area contributed by atoms with E-state index in [1.165, 1.54) is 11.0 Å². The second kappa shape index (κ2) is 8.09. The number of piperidine rings is 1. The van der Waals surface area contributed by atoms with Gasteiger partial charge >= 0.3 is 0 Å². The van der Waals surface area contributed by atoms with Crippen molar-refractivity contribution < 1.29 is 18.3 Å². The number of ether oxygens (including phenoxy) is 1. The van der Waals surface area contributed by atoms with Gasteiger partial charge in [-0.25, -0.2) is 8.78 Å². The van der Waals surface area contributed by atoms with Crippen LogP contribution in [0.3, 0.4) is 0 Å². The van der Waals surface area contributed by atoms with Gasteiger partial charge in [0.25, 0.3) is 0 Å². The molecule has 1 aliphatic rings. The molecule has 1 amide bonds. The number of nitrogens with one attached hydrogen (secondary N) is 2. The summed E-state index contributed by atoms with van der Waals surface area (Å²) in [5.41, 5.74) is 0.839. The zero-order chi connectivity index (χ0) is 21.3. The smallest absolute Gasteiger partial charge is 0.246 e. The van der Waals surface area contributed by atoms with Gasteiger partial charge in [0.05, 0.1) is 18.4 Å². The number of anilines is 2. The molecule has 3 aromatic heterocycles. The molecule has 2 atom stereocenters. The summed E-state index contributed by atoms with van der Waals surface area (Å²) in [6.07, 6.45) is 3.45. The Balaban J connectivity index is 1.64. The predicted molar refractivity (Wildman–Crippen MR) is 106 cm³/mol. The molecule has 3 aromatic rings. The van der Waals surface area contributed by atoms with Gasteiger partial charge in [-0.15, -0.1) is 0 Å². The largest absolute Gasteiger partial charge is 0.469 e. The number of alkyl halides is 1. The molecule has 0 aliphatic carbocycles. The van der Waals surface area contributed by atoms with Gasteiger partial charge in [0.2, 0.25) is 17.7 Å². The number of halogens is 2. The minimum absolute atomic E-state index is 0.00951. The van der Waals surface area contributed by atoms with E-state index in [9.17, 15) is 13.6 Å². The van der Waals surface area contributed by atoms with E-state index in [4.69, 9.17) is 4.74 Å². The number of rotatable bonds is 6. The van der Waals surface area contributed by atoms with Crippen LogP contribution >= 0.6 is 0 Å². The maximum atomic E-state index is 14.5. The monoisotopic (exact) mass is 417 g/mol. The summed E-state index contributed by atoms with van der Waals surface area (Å²) in [5, 5.41) is 7.16. The number of carbonyl (C=O) groups is 1. The number of aromatic amines is 1. The summed E-state index contributed by atoms with van der Waals surface area (Å²) in [6.45, 7) is 6.37. The standard InChI is InChI=1S/C19H21F2N7O2/c1-3-15(29)27-6-5-12(20)14(10-27)30-18-16-13(21)8-22-17(16)25-19(26-18)24-11-7-23-28(4-2)9-11/h3,7-9,12,14H,1,4-6,10H2,2H3,(H2,22,24,25,26)/t12-,14+/m0/s1. The Morgan fingerprint density at radius 3 is 3.07 bits per heavy atom. The lowest BCUT2D eigenvalue weighted by atomic mass is 10.1. The summed E-state index contributed by atoms with van der Waals surface area (Å²) in [7, 11) is 0. The zero-order valence-corrected chi connectivity index (χ0v) is 16.3. The number of aryl methyl sites for hydroxylation is 1. The van der Waals surface area contributed by atoms with E-state index in [1.807, 2.05) is 6.92 Å². The molecule has 0 bridgehead atoms. The first kappa shape index (κ1) is 19.8. The Morgan fingerprint density at radius 1 is 1.50 bits per heavy atom. The summed E-state index contributed by atoms with van der Waals surface area (Å²) >= 11 is 0. The molecule has 0 aromatic carbocycles. The molecule has 11 heteroatoms. The number of carbonyl (C=O) groups excluding carboxylic acids is 1. The Kier molecular flexibility index (Phi) is 5.34. The zero-order valence-electron chi connectivity index (χ0n) is 16.3. The van der Waals surface area contributed by atoms with Crippen LogP contribution in [0.15, 0.2) is 31.2 Å². The second-order valence-corrected chi connectivity index (χ2v) is 6.87. The molecule has 0 unspecified atom stereocenters. The minimum Gasteiger partial charge on any atom is -0.469 e. The van der Waals surface area contributed by atoms with Crippen LogP contribution < -0.4 is 10.1 Å². The predicted octanol–water partition coefficient (Wildman–Crippen LogP) is 2.56. The average molecular weight is 417 g/mol. The van der Waals surface area contributed by atoms with Gasteiger partial charge in [-0.05, 0) is 19.4 Å². The fourth-order valence-electron chi connectivity index (χ4n) is 3.31. The molecule has 4 heterocycles. The summed E-state index contributed by atoms with van der Waals surface area (Å²) < 4.78 is 36.3. The van der Waals surface area contributed by atoms with Crippen LogP contribution in [-0.4, -0.2) is 60.9 Å². The van der Waals surface area contributed by atoms with E-state index < -0.39 is 18.1 Å². The molecule has 1 fully saturated rings. The number of likely N-dealkylation sites (tertiary alicyclic amines) is 1. The topological polar surface area (TPSA) is 101 Å². The first-order valence-electron chi connectivity index (χ1n) is 9.54. The lowest BCUT2D eigenvalue weighted by Gasteiger charge is -2.34. The van der Waals surface area contributed by atoms with Crippen molar-refractivity contribution in [3.8, 4) is 5.88 Å². The molecule has 1 aliphatic heterocycles. The minimum atomic E-state index is -1.33. The van der Waals surface area contributed by atoms with Gasteiger partial charge in [-0.2, -0.15) is 15.1 Å². The lowest BCUT2D eigenvalue weighted by molar-refractivity contribution is -0.130. The van der Waals surface area contributed by atoms with Crippen molar-refractivity contribution in [3.63, 3.8) is 0 Å². The normalized spacial score (nSPS) is 19.1. The number of amides is 1. The van der Waals surface area contributed by atoms with Gasteiger partial charge < -0.3 is 19.9 Å². The maximum Gasteiger partial charge on any atom is 0.246 e. The summed E-state index contributed by atoms with van der Waals surface area (Å²) in [6, 6.07) is 0. The van der Waals surface area contributed by atoms with Gasteiger partial charge in [0.15, 0.2) is 5.82 Å². The second-order valence-electron chi connectivity index (χ2n) is 6.87. The van der Waals surface area contributed by atoms with E-state index >= 15 is 0 Å². The highest BCUT2D eigenvalue weighted by Gasteiger charge is 2.33. The Labute approximate surface area is 170 Å². The van der Waals surface area contributed by atoms with Crippen molar-refractivity contribution in [1.29, 1.82) is 0 Å². The Hall–Kier alpha value is -3.50. The third-order valence-electron chi connectivity index (χ3n) is 4.89. The van der Waals surface area contributed by atoms with Gasteiger partial charge in [-0.1, -0.05) is 6.58 Å². The molecule has 0 radical (unpaired) electrons. The Bertz CT molecular complexity index is 1080. The highest BCUT2D eigenvalue weighted by atomic mass is 19.1. The van der Waals surface area contributed by atoms with Crippen LogP contribution in [0.5, 0.6) is 5.88 Å². The van der Waals surface area contributed by atoms with Crippen molar-refractivity contribution in [1.82, 2.24) is 29.6 Å². The first-order chi connectivity index (χ1) is 14.5. The average Bonchev–Trinajstić information content (AvgIpc) is 3.35. The van der Waals surface area contributed by atoms with Crippen molar-refractivity contribution in [2.45, 2.75) is 32.2 Å². The van der Waals surface area contributed by atoms with E-state index in [2.05, 4.69) is 31.9 Å². The fraction of sp³-hybridized carbons (Fsp3) is 0.368. The van der Waals surface area contributed by atoms with Gasteiger partial charge in [-0.3, -0.25) is 9.48 Å².